The number of anilines is 2. The lowest BCUT2D eigenvalue weighted by molar-refractivity contribution is -0.175. The molecule has 6 saturated heterocycles. The highest BCUT2D eigenvalue weighted by molar-refractivity contribution is 9.26. The first-order chi connectivity index (χ1) is 38.5. The second kappa shape index (κ2) is 18.2. The zero-order valence-corrected chi connectivity index (χ0v) is 48.4. The second-order valence-corrected chi connectivity index (χ2v) is 31.6. The van der Waals surface area contributed by atoms with Crippen LogP contribution >= 0.6 is 53.9 Å². The number of sulfonamides is 2. The van der Waals surface area contributed by atoms with Crippen LogP contribution in [0.5, 0.6) is 0 Å². The molecule has 8 aliphatic heterocycles. The third-order valence-corrected chi connectivity index (χ3v) is 28.5. The van der Waals surface area contributed by atoms with Crippen molar-refractivity contribution in [2.45, 2.75) is 80.0 Å². The molecule has 80 heavy (non-hydrogen) atoms. The third-order valence-electron chi connectivity index (χ3n) is 17.4. The van der Waals surface area contributed by atoms with E-state index in [1.165, 1.54) is 73.9 Å². The van der Waals surface area contributed by atoms with E-state index >= 15 is 0 Å². The first kappa shape index (κ1) is 52.0. The zero-order chi connectivity index (χ0) is 55.5. The van der Waals surface area contributed by atoms with Crippen molar-refractivity contribution in [3.8, 4) is 0 Å². The molecule has 8 atom stereocenters. The summed E-state index contributed by atoms with van der Waals surface area (Å²) in [4.78, 5) is 59.2. The van der Waals surface area contributed by atoms with Crippen LogP contribution in [0.25, 0.3) is 11.1 Å². The van der Waals surface area contributed by atoms with Gasteiger partial charge in [0.1, 0.15) is 12.3 Å². The lowest BCUT2D eigenvalue weighted by Crippen LogP contribution is -2.70. The van der Waals surface area contributed by atoms with E-state index in [0.29, 0.717) is 29.8 Å². The van der Waals surface area contributed by atoms with E-state index in [9.17, 15) is 41.1 Å². The molecular weight excluding hydrogens is 1150 g/mol. The van der Waals surface area contributed by atoms with Crippen LogP contribution in [-0.4, -0.2) is 113 Å². The lowest BCUT2D eigenvalue weighted by atomic mass is 9.70. The highest BCUT2D eigenvalue weighted by atomic mass is 33.7. The SMILES string of the molecule is CN1C(=O)[C@@]2(S)C[C@]3(C4=CCc5ccccc54)c4ccccc4N(S(=O)(=O)c4ccccc4)[C@@H]3N2C(=O)[C@H]1O.CN1C(=O)[C@@]23C[C@]4(C5=CCc6ccccc65)c5ccccc5N(S(=O)(=O)c5ccccc5)[C@@H]4N2C(=O)[C@@H]1SSSS3. The van der Waals surface area contributed by atoms with E-state index in [1.54, 1.807) is 77.5 Å². The summed E-state index contributed by atoms with van der Waals surface area (Å²) in [6.45, 7) is 0. The summed E-state index contributed by atoms with van der Waals surface area (Å²) in [7, 11) is 0.360. The Hall–Kier alpha value is -6.11. The van der Waals surface area contributed by atoms with Gasteiger partial charge in [0.05, 0.1) is 32.0 Å². The van der Waals surface area contributed by atoms with Gasteiger partial charge in [0.25, 0.3) is 43.7 Å². The van der Waals surface area contributed by atoms with Gasteiger partial charge in [0.2, 0.25) is 6.23 Å². The second-order valence-electron chi connectivity index (χ2n) is 21.2. The molecule has 1 spiro atoms. The van der Waals surface area contributed by atoms with Gasteiger partial charge < -0.3 is 14.9 Å². The molecule has 0 unspecified atom stereocenters. The number of hydrogen-bond donors (Lipinski definition) is 2. The monoisotopic (exact) mass is 1200 g/mol. The molecule has 2 bridgehead atoms. The minimum Gasteiger partial charge on any atom is -0.365 e. The maximum Gasteiger partial charge on any atom is 0.275 e. The van der Waals surface area contributed by atoms with Crippen molar-refractivity contribution in [1.29, 1.82) is 0 Å². The van der Waals surface area contributed by atoms with Crippen LogP contribution in [0.4, 0.5) is 11.4 Å². The summed E-state index contributed by atoms with van der Waals surface area (Å²) in [6, 6.07) is 47.2. The lowest BCUT2D eigenvalue weighted by Gasteiger charge is -2.50. The fourth-order valence-electron chi connectivity index (χ4n) is 14.1. The number of benzene rings is 6. The topological polar surface area (TPSA) is 176 Å². The maximum atomic E-state index is 14.7. The van der Waals surface area contributed by atoms with Crippen LogP contribution in [0.15, 0.2) is 180 Å². The molecule has 10 aliphatic rings. The molecule has 6 aromatic carbocycles. The molecule has 8 heterocycles. The molecule has 406 valence electrons. The molecule has 0 aromatic heterocycles. The van der Waals surface area contributed by atoms with Crippen LogP contribution in [0.2, 0.25) is 0 Å². The number of aliphatic hydroxyl groups is 1. The van der Waals surface area contributed by atoms with Gasteiger partial charge in [0.15, 0.2) is 15.1 Å². The molecule has 2 aliphatic carbocycles. The predicted molar refractivity (Wildman–Crippen MR) is 315 cm³/mol. The highest BCUT2D eigenvalue weighted by Gasteiger charge is 2.77. The number of nitrogens with zero attached hydrogens (tertiary/aromatic N) is 6. The van der Waals surface area contributed by atoms with Gasteiger partial charge in [-0.2, -0.15) is 0 Å². The fraction of sp³-hybridized carbons (Fsp3) is 0.241. The van der Waals surface area contributed by atoms with Crippen LogP contribution < -0.4 is 8.61 Å². The van der Waals surface area contributed by atoms with E-state index in [0.717, 1.165) is 43.9 Å². The van der Waals surface area contributed by atoms with Crippen LogP contribution in [0.3, 0.4) is 0 Å². The molecule has 0 saturated carbocycles. The average molecular weight is 1200 g/mol. The number of para-hydroxylation sites is 2. The maximum absolute atomic E-state index is 14.7. The average Bonchev–Trinajstić information content (AvgIpc) is 2.96. The zero-order valence-electron chi connectivity index (χ0n) is 42.6. The van der Waals surface area contributed by atoms with E-state index in [-0.39, 0.29) is 34.4 Å². The molecule has 15 nitrogen and oxygen atoms in total. The van der Waals surface area contributed by atoms with E-state index in [4.69, 9.17) is 12.6 Å². The van der Waals surface area contributed by atoms with Gasteiger partial charge in [-0.25, -0.2) is 25.4 Å². The molecule has 0 radical (unpaired) electrons. The summed E-state index contributed by atoms with van der Waals surface area (Å²) in [5.41, 5.74) is 6.47. The fourth-order valence-corrected chi connectivity index (χ4v) is 25.4. The van der Waals surface area contributed by atoms with Crippen LogP contribution in [0.1, 0.15) is 46.2 Å². The van der Waals surface area contributed by atoms with E-state index in [2.05, 4.69) is 24.3 Å². The van der Waals surface area contributed by atoms with Crippen molar-refractivity contribution in [3.63, 3.8) is 0 Å². The Kier molecular flexibility index (Phi) is 11.8. The Bertz CT molecular complexity index is 4010. The van der Waals surface area contributed by atoms with Crippen molar-refractivity contribution in [2.24, 2.45) is 0 Å². The van der Waals surface area contributed by atoms with Crippen LogP contribution in [-0.2, 0) is 62.9 Å². The Morgan fingerprint density at radius 1 is 0.537 bits per heavy atom. The number of fused-ring (bicyclic) bond motifs is 14. The molecule has 22 heteroatoms. The number of carbonyl (C=O) groups excluding carboxylic acids is 4. The van der Waals surface area contributed by atoms with Gasteiger partial charge in [-0.1, -0.05) is 133 Å². The largest absolute Gasteiger partial charge is 0.365 e. The number of likely N-dealkylation sites (N-methyl/N-ethyl adjacent to an activating group) is 2. The number of allylic oxidation sites excluding steroid dienone is 2. The molecule has 6 fully saturated rings. The minimum atomic E-state index is -4.23. The number of aliphatic hydroxyl groups excluding tert-OH is 1. The Morgan fingerprint density at radius 2 is 1.00 bits per heavy atom. The summed E-state index contributed by atoms with van der Waals surface area (Å²) in [5.74, 6) is -1.74. The minimum absolute atomic E-state index is 0.0351. The van der Waals surface area contributed by atoms with Crippen molar-refractivity contribution < 1.29 is 41.1 Å². The predicted octanol–water partition coefficient (Wildman–Crippen LogP) is 8.27. The number of rotatable bonds is 6. The number of thiol groups is 1. The van der Waals surface area contributed by atoms with E-state index < -0.39 is 76.4 Å². The molecule has 6 aromatic rings. The van der Waals surface area contributed by atoms with Crippen molar-refractivity contribution in [3.05, 3.63) is 203 Å². The Morgan fingerprint density at radius 3 is 1.54 bits per heavy atom. The van der Waals surface area contributed by atoms with Gasteiger partial charge in [0, 0.05) is 26.9 Å². The summed E-state index contributed by atoms with van der Waals surface area (Å²) in [5, 5.41) is 10.1. The first-order valence-corrected chi connectivity index (χ1v) is 33.9. The molecular formula is C58H48N6O9S7. The summed E-state index contributed by atoms with van der Waals surface area (Å²) < 4.78 is 60.9. The molecule has 4 amide bonds. The number of hydrogen-bond acceptors (Lipinski definition) is 14. The van der Waals surface area contributed by atoms with Gasteiger partial charge in [-0.15, -0.1) is 12.6 Å². The summed E-state index contributed by atoms with van der Waals surface area (Å²) in [6.07, 6.45) is 2.01. The third kappa shape index (κ3) is 6.72. The Balaban J connectivity index is 0.000000144. The smallest absolute Gasteiger partial charge is 0.275 e. The van der Waals surface area contributed by atoms with Crippen LogP contribution in [0, 0.1) is 0 Å². The van der Waals surface area contributed by atoms with Gasteiger partial charge in [-0.05, 0) is 135 Å². The Labute approximate surface area is 483 Å². The van der Waals surface area contributed by atoms with E-state index in [1.807, 2.05) is 72.8 Å². The molecule has 1 N–H and O–H groups in total. The van der Waals surface area contributed by atoms with Crippen molar-refractivity contribution in [2.75, 3.05) is 22.7 Å². The molecule has 16 rings (SSSR count). The quantitative estimate of drug-likeness (QED) is 0.121. The van der Waals surface area contributed by atoms with Gasteiger partial charge >= 0.3 is 0 Å². The van der Waals surface area contributed by atoms with Crippen molar-refractivity contribution >= 4 is 120 Å². The number of carbonyl (C=O) groups is 4. The van der Waals surface area contributed by atoms with Crippen molar-refractivity contribution in [1.82, 2.24) is 19.6 Å². The summed E-state index contributed by atoms with van der Waals surface area (Å²) >= 11 is 4.85. The highest BCUT2D eigenvalue weighted by Crippen LogP contribution is 2.72. The van der Waals surface area contributed by atoms with Gasteiger partial charge in [-0.3, -0.25) is 29.0 Å². The first-order valence-electron chi connectivity index (χ1n) is 25.7. The number of piperazine rings is 2. The normalized spacial score (nSPS) is 29.6. The number of amides is 4. The standard InChI is InChI=1S/C29H25N3O5S2.C29H23N3O4S5/c1-30-24(33)25(34)31-26-28(17-29(31,38)27(30)35,21-16-15-18-9-5-6-12-20(18)21)22-13-7-8-14-23(22)32(26)39(36,37)19-10-3-2-4-11-19;1-30-25-24(33)31-26-28(17-29(31,27(30)34)38-40-39-37-25,21-16-15-18-9-5-6-12-20(18)21)22-13-7-8-14-23(22)32(26)41(35,36)19-10-3-2-4-11-19/h2-14,16,24,26,33,38H,15,17H2,1H3;2-14,16,25-26H,15,17H2,1H3/t24-,26+,28+,29+;25-,26-,28-,29-/m10/s1.